The van der Waals surface area contributed by atoms with Gasteiger partial charge in [0.15, 0.2) is 11.9 Å². The van der Waals surface area contributed by atoms with Gasteiger partial charge in [-0.3, -0.25) is 24.1 Å². The molecule has 8 nitrogen and oxygen atoms in total. The van der Waals surface area contributed by atoms with Crippen LogP contribution >= 0.6 is 0 Å². The zero-order valence-corrected chi connectivity index (χ0v) is 16.5. The number of hydrogen-bond acceptors (Lipinski definition) is 5. The molecule has 8 heteroatoms. The van der Waals surface area contributed by atoms with Gasteiger partial charge in [0.1, 0.15) is 12.3 Å². The molecule has 0 saturated heterocycles. The first-order valence-electron chi connectivity index (χ1n) is 9.50. The van der Waals surface area contributed by atoms with E-state index in [9.17, 15) is 19.2 Å². The molecule has 28 heavy (non-hydrogen) atoms. The largest absolute Gasteiger partial charge is 0.479 e. The van der Waals surface area contributed by atoms with Crippen LogP contribution < -0.4 is 20.3 Å². The van der Waals surface area contributed by atoms with Gasteiger partial charge in [-0.2, -0.15) is 0 Å². The number of Topliss-reactive ketones (excluding diaryl/α,β-unsaturated/α-hetero) is 1. The van der Waals surface area contributed by atoms with Crippen LogP contribution in [0.15, 0.2) is 18.2 Å². The molecule has 2 rings (SSSR count). The number of benzene rings is 1. The lowest BCUT2D eigenvalue weighted by Crippen LogP contribution is -2.49. The van der Waals surface area contributed by atoms with Gasteiger partial charge >= 0.3 is 0 Å². The number of carbonyl (C=O) groups excluding carboxylic acids is 4. The number of rotatable bonds is 9. The van der Waals surface area contributed by atoms with Gasteiger partial charge in [0.25, 0.3) is 5.91 Å². The van der Waals surface area contributed by atoms with Crippen molar-refractivity contribution in [3.63, 3.8) is 0 Å². The number of nitrogens with zero attached hydrogens (tertiary/aromatic N) is 1. The molecule has 0 aliphatic carbocycles. The van der Waals surface area contributed by atoms with Gasteiger partial charge in [0.05, 0.1) is 5.69 Å². The van der Waals surface area contributed by atoms with E-state index in [0.29, 0.717) is 42.9 Å². The molecule has 0 spiro atoms. The highest BCUT2D eigenvalue weighted by Gasteiger charge is 2.33. The second kappa shape index (κ2) is 9.87. The Balaban J connectivity index is 2.07. The number of ether oxygens (including phenoxy) is 1. The predicted molar refractivity (Wildman–Crippen MR) is 104 cm³/mol. The molecule has 0 saturated carbocycles. The Morgan fingerprint density at radius 2 is 1.89 bits per heavy atom. The summed E-state index contributed by atoms with van der Waals surface area (Å²) in [5.74, 6) is -0.316. The minimum absolute atomic E-state index is 0.0151. The lowest BCUT2D eigenvalue weighted by atomic mass is 10.0. The van der Waals surface area contributed by atoms with E-state index in [1.54, 1.807) is 25.1 Å². The summed E-state index contributed by atoms with van der Waals surface area (Å²) in [6, 6.07) is 4.96. The number of fused-ring (bicyclic) bond motifs is 1. The highest BCUT2D eigenvalue weighted by atomic mass is 16.5. The Kier molecular flexibility index (Phi) is 7.54. The van der Waals surface area contributed by atoms with Gasteiger partial charge in [-0.05, 0) is 38.0 Å². The molecule has 0 aromatic heterocycles. The number of amides is 3. The second-order valence-electron chi connectivity index (χ2n) is 6.73. The maximum atomic E-state index is 12.6. The Morgan fingerprint density at radius 3 is 2.57 bits per heavy atom. The van der Waals surface area contributed by atoms with E-state index in [2.05, 4.69) is 10.6 Å². The molecule has 1 aromatic rings. The van der Waals surface area contributed by atoms with Crippen molar-refractivity contribution >= 4 is 29.2 Å². The van der Waals surface area contributed by atoms with Crippen LogP contribution in [0.1, 0.15) is 50.4 Å². The average Bonchev–Trinajstić information content (AvgIpc) is 2.64. The van der Waals surface area contributed by atoms with E-state index in [-0.39, 0.29) is 30.0 Å². The van der Waals surface area contributed by atoms with Crippen molar-refractivity contribution in [1.29, 1.82) is 0 Å². The lowest BCUT2D eigenvalue weighted by Gasteiger charge is -2.32. The molecule has 1 unspecified atom stereocenters. The molecule has 0 radical (unpaired) electrons. The Bertz CT molecular complexity index is 762. The normalized spacial score (nSPS) is 15.5. The maximum Gasteiger partial charge on any atom is 0.268 e. The summed E-state index contributed by atoms with van der Waals surface area (Å²) in [7, 11) is 0. The van der Waals surface area contributed by atoms with Crippen LogP contribution in [0.3, 0.4) is 0 Å². The zero-order chi connectivity index (χ0) is 20.7. The van der Waals surface area contributed by atoms with E-state index < -0.39 is 6.10 Å². The van der Waals surface area contributed by atoms with E-state index in [1.165, 1.54) is 11.8 Å². The minimum Gasteiger partial charge on any atom is -0.479 e. The fourth-order valence-electron chi connectivity index (χ4n) is 2.90. The van der Waals surface area contributed by atoms with E-state index in [0.717, 1.165) is 6.42 Å². The molecule has 1 aromatic carbocycles. The van der Waals surface area contributed by atoms with E-state index in [4.69, 9.17) is 4.74 Å². The number of hydrogen-bond donors (Lipinski definition) is 2. The first-order valence-corrected chi connectivity index (χ1v) is 9.50. The maximum absolute atomic E-state index is 12.6. The lowest BCUT2D eigenvalue weighted by molar-refractivity contribution is -0.128. The van der Waals surface area contributed by atoms with Crippen LogP contribution in [-0.2, 0) is 14.4 Å². The van der Waals surface area contributed by atoms with Crippen LogP contribution in [0.4, 0.5) is 5.69 Å². The second-order valence-corrected chi connectivity index (χ2v) is 6.73. The fourth-order valence-corrected chi connectivity index (χ4v) is 2.90. The summed E-state index contributed by atoms with van der Waals surface area (Å²) < 4.78 is 5.61. The summed E-state index contributed by atoms with van der Waals surface area (Å²) in [6.07, 6.45) is 1.02. The molecule has 1 aliphatic rings. The van der Waals surface area contributed by atoms with Crippen molar-refractivity contribution in [2.75, 3.05) is 24.5 Å². The Morgan fingerprint density at radius 1 is 1.18 bits per heavy atom. The van der Waals surface area contributed by atoms with Crippen molar-refractivity contribution in [3.8, 4) is 5.75 Å². The third-order valence-electron chi connectivity index (χ3n) is 4.32. The molecule has 1 heterocycles. The van der Waals surface area contributed by atoms with Crippen molar-refractivity contribution in [2.24, 2.45) is 0 Å². The average molecular weight is 389 g/mol. The predicted octanol–water partition coefficient (Wildman–Crippen LogP) is 1.43. The van der Waals surface area contributed by atoms with Crippen molar-refractivity contribution in [2.45, 2.75) is 46.1 Å². The first-order chi connectivity index (χ1) is 13.3. The third-order valence-corrected chi connectivity index (χ3v) is 4.32. The summed E-state index contributed by atoms with van der Waals surface area (Å²) in [4.78, 5) is 49.2. The first kappa shape index (κ1) is 21.4. The van der Waals surface area contributed by atoms with Gasteiger partial charge in [-0.25, -0.2) is 0 Å². The zero-order valence-electron chi connectivity index (χ0n) is 16.5. The van der Waals surface area contributed by atoms with Gasteiger partial charge in [-0.1, -0.05) is 6.92 Å². The van der Waals surface area contributed by atoms with Gasteiger partial charge in [0.2, 0.25) is 11.8 Å². The molecule has 2 N–H and O–H groups in total. The number of ketones is 1. The van der Waals surface area contributed by atoms with Crippen molar-refractivity contribution in [1.82, 2.24) is 10.6 Å². The summed E-state index contributed by atoms with van der Waals surface area (Å²) in [5.41, 5.74) is 0.922. The third kappa shape index (κ3) is 5.55. The summed E-state index contributed by atoms with van der Waals surface area (Å²) in [5, 5.41) is 5.39. The molecule has 152 valence electrons. The SMILES string of the molecule is CCCC(=O)c1ccc2c(c1)N(CC(=O)NCCCNC(C)=O)C(=O)C(C)O2. The van der Waals surface area contributed by atoms with Gasteiger partial charge < -0.3 is 15.4 Å². The fraction of sp³-hybridized carbons (Fsp3) is 0.500. The van der Waals surface area contributed by atoms with Crippen LogP contribution in [0, 0.1) is 0 Å². The van der Waals surface area contributed by atoms with Crippen LogP contribution in [0.5, 0.6) is 5.75 Å². The van der Waals surface area contributed by atoms with Crippen molar-refractivity contribution < 1.29 is 23.9 Å². The van der Waals surface area contributed by atoms with Crippen LogP contribution in [0.25, 0.3) is 0 Å². The van der Waals surface area contributed by atoms with Gasteiger partial charge in [-0.15, -0.1) is 0 Å². The molecular weight excluding hydrogens is 362 g/mol. The summed E-state index contributed by atoms with van der Waals surface area (Å²) >= 11 is 0. The molecule has 0 bridgehead atoms. The molecular formula is C20H27N3O5. The smallest absolute Gasteiger partial charge is 0.268 e. The highest BCUT2D eigenvalue weighted by molar-refractivity contribution is 6.05. The van der Waals surface area contributed by atoms with Crippen molar-refractivity contribution in [3.05, 3.63) is 23.8 Å². The molecule has 3 amide bonds. The molecule has 1 aliphatic heterocycles. The number of carbonyl (C=O) groups is 4. The Labute approximate surface area is 164 Å². The summed E-state index contributed by atoms with van der Waals surface area (Å²) in [6.45, 7) is 5.67. The van der Waals surface area contributed by atoms with Crippen LogP contribution in [0.2, 0.25) is 0 Å². The topological polar surface area (TPSA) is 105 Å². The van der Waals surface area contributed by atoms with E-state index in [1.807, 2.05) is 6.92 Å². The van der Waals surface area contributed by atoms with E-state index >= 15 is 0 Å². The monoisotopic (exact) mass is 389 g/mol. The number of anilines is 1. The molecule has 0 fully saturated rings. The van der Waals surface area contributed by atoms with Gasteiger partial charge in [0, 0.05) is 32.0 Å². The molecule has 1 atom stereocenters. The van der Waals surface area contributed by atoms with Crippen LogP contribution in [-0.4, -0.2) is 49.2 Å². The standard InChI is InChI=1S/C20H27N3O5/c1-4-6-17(25)15-7-8-18-16(11-15)23(20(27)13(2)28-18)12-19(26)22-10-5-9-21-14(3)24/h7-8,11,13H,4-6,9-10,12H2,1-3H3,(H,21,24)(H,22,26). The minimum atomic E-state index is -0.711. The highest BCUT2D eigenvalue weighted by Crippen LogP contribution is 2.35. The number of nitrogens with one attached hydrogen (secondary N) is 2. The quantitative estimate of drug-likeness (QED) is 0.491. The Hall–Kier alpha value is -2.90.